The fraction of sp³-hybridized carbons (Fsp3) is 0.429. The highest BCUT2D eigenvalue weighted by Gasteiger charge is 2.21. The molecule has 4 N–H and O–H groups in total. The van der Waals surface area contributed by atoms with E-state index in [2.05, 4.69) is 5.32 Å². The van der Waals surface area contributed by atoms with E-state index < -0.39 is 0 Å². The lowest BCUT2D eigenvalue weighted by molar-refractivity contribution is 0.0940. The van der Waals surface area contributed by atoms with Gasteiger partial charge in [0.05, 0.1) is 0 Å². The number of benzene rings is 1. The van der Waals surface area contributed by atoms with Crippen LogP contribution in [0.2, 0.25) is 0 Å². The van der Waals surface area contributed by atoms with E-state index in [9.17, 15) is 4.79 Å². The van der Waals surface area contributed by atoms with Crippen molar-refractivity contribution in [3.63, 3.8) is 0 Å². The van der Waals surface area contributed by atoms with Crippen LogP contribution in [-0.2, 0) is 0 Å². The Hall–Kier alpha value is -2.04. The van der Waals surface area contributed by atoms with Gasteiger partial charge in [-0.05, 0) is 30.9 Å². The first kappa shape index (κ1) is 13.4. The number of rotatable bonds is 3. The van der Waals surface area contributed by atoms with Crippen molar-refractivity contribution in [1.29, 1.82) is 5.41 Å². The molecular formula is C14H20N4O. The van der Waals surface area contributed by atoms with Crippen LogP contribution in [0.15, 0.2) is 30.3 Å². The highest BCUT2D eigenvalue weighted by molar-refractivity contribution is 5.94. The molecule has 5 heteroatoms. The number of nitrogens with two attached hydrogens (primary N) is 1. The van der Waals surface area contributed by atoms with Crippen molar-refractivity contribution in [3.05, 3.63) is 35.9 Å². The molecular weight excluding hydrogens is 240 g/mol. The number of guanidine groups is 1. The maximum Gasteiger partial charge on any atom is 0.251 e. The van der Waals surface area contributed by atoms with Crippen molar-refractivity contribution >= 4 is 11.9 Å². The molecule has 102 valence electrons. The molecule has 1 aromatic rings. The van der Waals surface area contributed by atoms with Crippen molar-refractivity contribution in [2.75, 3.05) is 19.6 Å². The summed E-state index contributed by atoms with van der Waals surface area (Å²) in [7, 11) is 0. The molecule has 0 aliphatic carbocycles. The molecule has 19 heavy (non-hydrogen) atoms. The highest BCUT2D eigenvalue weighted by Crippen LogP contribution is 2.15. The molecule has 1 fully saturated rings. The van der Waals surface area contributed by atoms with Crippen molar-refractivity contribution in [3.8, 4) is 0 Å². The second kappa shape index (κ2) is 6.22. The molecule has 2 rings (SSSR count). The number of carbonyl (C=O) groups is 1. The zero-order chi connectivity index (χ0) is 13.7. The number of nitrogens with one attached hydrogen (secondary N) is 2. The lowest BCUT2D eigenvalue weighted by atomic mass is 9.98. The molecule has 1 amide bonds. The maximum absolute atomic E-state index is 11.9. The Morgan fingerprint density at radius 2 is 2.16 bits per heavy atom. The second-order valence-electron chi connectivity index (χ2n) is 4.92. The van der Waals surface area contributed by atoms with E-state index in [1.54, 1.807) is 12.1 Å². The smallest absolute Gasteiger partial charge is 0.251 e. The normalized spacial score (nSPS) is 18.9. The summed E-state index contributed by atoms with van der Waals surface area (Å²) in [5, 5.41) is 10.4. The number of nitrogens with zero attached hydrogens (tertiary/aromatic N) is 1. The van der Waals surface area contributed by atoms with Gasteiger partial charge in [-0.2, -0.15) is 0 Å². The van der Waals surface area contributed by atoms with Gasteiger partial charge < -0.3 is 16.0 Å². The first-order valence-corrected chi connectivity index (χ1v) is 6.59. The number of likely N-dealkylation sites (tertiary alicyclic amines) is 1. The molecule has 1 heterocycles. The Labute approximate surface area is 113 Å². The van der Waals surface area contributed by atoms with Gasteiger partial charge in [0.2, 0.25) is 0 Å². The topological polar surface area (TPSA) is 82.2 Å². The molecule has 0 aromatic heterocycles. The molecule has 1 aliphatic heterocycles. The molecule has 0 spiro atoms. The minimum atomic E-state index is -0.0412. The van der Waals surface area contributed by atoms with Crippen LogP contribution in [-0.4, -0.2) is 36.4 Å². The van der Waals surface area contributed by atoms with E-state index in [4.69, 9.17) is 11.1 Å². The van der Waals surface area contributed by atoms with Crippen LogP contribution >= 0.6 is 0 Å². The summed E-state index contributed by atoms with van der Waals surface area (Å²) in [6, 6.07) is 9.21. The minimum absolute atomic E-state index is 0.0412. The van der Waals surface area contributed by atoms with Crippen LogP contribution in [0.1, 0.15) is 23.2 Å². The van der Waals surface area contributed by atoms with E-state index in [0.29, 0.717) is 18.0 Å². The van der Waals surface area contributed by atoms with Crippen LogP contribution in [0, 0.1) is 11.3 Å². The Kier molecular flexibility index (Phi) is 4.39. The average molecular weight is 260 g/mol. The summed E-state index contributed by atoms with van der Waals surface area (Å²) < 4.78 is 0. The van der Waals surface area contributed by atoms with Gasteiger partial charge in [-0.15, -0.1) is 0 Å². The molecule has 0 radical (unpaired) electrons. The van der Waals surface area contributed by atoms with Crippen LogP contribution in [0.3, 0.4) is 0 Å². The molecule has 0 unspecified atom stereocenters. The van der Waals surface area contributed by atoms with Crippen LogP contribution < -0.4 is 11.1 Å². The lowest BCUT2D eigenvalue weighted by Crippen LogP contribution is -2.46. The van der Waals surface area contributed by atoms with Gasteiger partial charge in [-0.1, -0.05) is 18.2 Å². The van der Waals surface area contributed by atoms with Gasteiger partial charge in [0.25, 0.3) is 5.91 Å². The molecule has 0 bridgehead atoms. The van der Waals surface area contributed by atoms with Crippen molar-refractivity contribution in [2.45, 2.75) is 12.8 Å². The molecule has 1 aromatic carbocycles. The largest absolute Gasteiger partial charge is 0.370 e. The van der Waals surface area contributed by atoms with Gasteiger partial charge >= 0.3 is 0 Å². The zero-order valence-electron chi connectivity index (χ0n) is 10.9. The quantitative estimate of drug-likeness (QED) is 0.560. The van der Waals surface area contributed by atoms with Crippen molar-refractivity contribution < 1.29 is 4.79 Å². The molecule has 5 nitrogen and oxygen atoms in total. The Bertz CT molecular complexity index is 446. The second-order valence-corrected chi connectivity index (χ2v) is 4.92. The summed E-state index contributed by atoms with van der Waals surface area (Å²) in [6.45, 7) is 2.24. The summed E-state index contributed by atoms with van der Waals surface area (Å²) >= 11 is 0. The monoisotopic (exact) mass is 260 g/mol. The lowest BCUT2D eigenvalue weighted by Gasteiger charge is -2.32. The SMILES string of the molecule is N=C(N)N1CCC[C@H](CNC(=O)c2ccccc2)C1. The van der Waals surface area contributed by atoms with E-state index in [0.717, 1.165) is 25.9 Å². The molecule has 1 saturated heterocycles. The van der Waals surface area contributed by atoms with Crippen LogP contribution in [0.4, 0.5) is 0 Å². The third-order valence-electron chi connectivity index (χ3n) is 3.45. The fourth-order valence-electron chi connectivity index (χ4n) is 2.38. The van der Waals surface area contributed by atoms with Crippen molar-refractivity contribution in [1.82, 2.24) is 10.2 Å². The summed E-state index contributed by atoms with van der Waals surface area (Å²) in [5.41, 5.74) is 6.18. The van der Waals surface area contributed by atoms with E-state index >= 15 is 0 Å². The van der Waals surface area contributed by atoms with Gasteiger partial charge in [-0.25, -0.2) is 0 Å². The molecule has 0 saturated carbocycles. The summed E-state index contributed by atoms with van der Waals surface area (Å²) in [5.74, 6) is 0.449. The van der Waals surface area contributed by atoms with Gasteiger partial charge in [0, 0.05) is 25.2 Å². The van der Waals surface area contributed by atoms with E-state index in [1.807, 2.05) is 23.1 Å². The minimum Gasteiger partial charge on any atom is -0.370 e. The third-order valence-corrected chi connectivity index (χ3v) is 3.45. The van der Waals surface area contributed by atoms with Gasteiger partial charge in [-0.3, -0.25) is 10.2 Å². The molecule has 1 aliphatic rings. The predicted molar refractivity (Wildman–Crippen MR) is 75.0 cm³/mol. The Morgan fingerprint density at radius 1 is 1.42 bits per heavy atom. The van der Waals surface area contributed by atoms with E-state index in [1.165, 1.54) is 0 Å². The predicted octanol–water partition coefficient (Wildman–Crippen LogP) is 1.02. The van der Waals surface area contributed by atoms with Crippen LogP contribution in [0.5, 0.6) is 0 Å². The number of hydrogen-bond acceptors (Lipinski definition) is 2. The number of hydrogen-bond donors (Lipinski definition) is 3. The Balaban J connectivity index is 1.82. The Morgan fingerprint density at radius 3 is 2.84 bits per heavy atom. The van der Waals surface area contributed by atoms with Crippen molar-refractivity contribution in [2.24, 2.45) is 11.7 Å². The maximum atomic E-state index is 11.9. The van der Waals surface area contributed by atoms with Crippen LogP contribution in [0.25, 0.3) is 0 Å². The first-order valence-electron chi connectivity index (χ1n) is 6.59. The fourth-order valence-corrected chi connectivity index (χ4v) is 2.38. The summed E-state index contributed by atoms with van der Waals surface area (Å²) in [4.78, 5) is 13.8. The number of amides is 1. The third kappa shape index (κ3) is 3.71. The molecule has 1 atom stereocenters. The number of piperidine rings is 1. The van der Waals surface area contributed by atoms with Gasteiger partial charge in [0.15, 0.2) is 5.96 Å². The van der Waals surface area contributed by atoms with E-state index in [-0.39, 0.29) is 11.9 Å². The zero-order valence-corrected chi connectivity index (χ0v) is 10.9. The average Bonchev–Trinajstić information content (AvgIpc) is 2.46. The standard InChI is InChI=1S/C14H20N4O/c15-14(16)18-8-4-5-11(10-18)9-17-13(19)12-6-2-1-3-7-12/h1-3,6-7,11H,4-5,8-10H2,(H3,15,16)(H,17,19)/t11-/m1/s1. The number of carbonyl (C=O) groups excluding carboxylic acids is 1. The summed E-state index contributed by atoms with van der Waals surface area (Å²) in [6.07, 6.45) is 2.09. The van der Waals surface area contributed by atoms with Gasteiger partial charge in [0.1, 0.15) is 0 Å². The highest BCUT2D eigenvalue weighted by atomic mass is 16.1. The first-order chi connectivity index (χ1) is 9.16.